The van der Waals surface area contributed by atoms with Crippen LogP contribution >= 0.6 is 0 Å². The van der Waals surface area contributed by atoms with Crippen molar-refractivity contribution in [3.8, 4) is 0 Å². The minimum atomic E-state index is 0.596. The van der Waals surface area contributed by atoms with Crippen LogP contribution in [0.5, 0.6) is 0 Å². The molecule has 0 N–H and O–H groups in total. The molecule has 14 heavy (non-hydrogen) atoms. The largest absolute Gasteiger partial charge is 0.372 e. The second-order valence-electron chi connectivity index (χ2n) is 3.83. The molecule has 0 fully saturated rings. The molecule has 0 heterocycles. The third kappa shape index (κ3) is 2.50. The molecule has 0 aliphatic carbocycles. The second kappa shape index (κ2) is 5.04. The Balaban J connectivity index is 2.92. The van der Waals surface area contributed by atoms with Gasteiger partial charge in [0.2, 0.25) is 0 Å². The van der Waals surface area contributed by atoms with Crippen LogP contribution in [0.2, 0.25) is 0 Å². The van der Waals surface area contributed by atoms with Crippen molar-refractivity contribution in [1.82, 2.24) is 0 Å². The molecule has 0 atom stereocenters. The van der Waals surface area contributed by atoms with Gasteiger partial charge in [0, 0.05) is 24.8 Å². The molecule has 1 heteroatoms. The molecule has 1 nitrogen and oxygen atoms in total. The summed E-state index contributed by atoms with van der Waals surface area (Å²) >= 11 is 0. The first-order valence-corrected chi connectivity index (χ1v) is 5.45. The molecule has 1 aromatic carbocycles. The molecule has 0 unspecified atom stereocenters. The highest BCUT2D eigenvalue weighted by molar-refractivity contribution is 5.47. The normalized spacial score (nSPS) is 10.6. The van der Waals surface area contributed by atoms with E-state index in [2.05, 4.69) is 50.8 Å². The van der Waals surface area contributed by atoms with E-state index in [0.717, 1.165) is 13.1 Å². The van der Waals surface area contributed by atoms with Crippen LogP contribution in [0.4, 0.5) is 5.69 Å². The van der Waals surface area contributed by atoms with Gasteiger partial charge in [0.05, 0.1) is 0 Å². The average Bonchev–Trinajstić information content (AvgIpc) is 2.20. The van der Waals surface area contributed by atoms with Gasteiger partial charge in [-0.1, -0.05) is 26.0 Å². The Bertz CT molecular complexity index is 274. The van der Waals surface area contributed by atoms with Crippen LogP contribution in [0.3, 0.4) is 0 Å². The first-order valence-electron chi connectivity index (χ1n) is 5.45. The van der Waals surface area contributed by atoms with Crippen molar-refractivity contribution in [3.05, 3.63) is 29.8 Å². The second-order valence-corrected chi connectivity index (χ2v) is 3.83. The molecule has 1 rings (SSSR count). The van der Waals surface area contributed by atoms with Crippen LogP contribution in [0.25, 0.3) is 0 Å². The van der Waals surface area contributed by atoms with E-state index in [0.29, 0.717) is 5.92 Å². The zero-order valence-electron chi connectivity index (χ0n) is 9.67. The van der Waals surface area contributed by atoms with Gasteiger partial charge in [-0.2, -0.15) is 0 Å². The molecule has 0 saturated carbocycles. The number of nitrogens with zero attached hydrogens (tertiary/aromatic N) is 1. The lowest BCUT2D eigenvalue weighted by molar-refractivity contribution is 0.844. The maximum absolute atomic E-state index is 3.29. The predicted molar refractivity (Wildman–Crippen MR) is 62.9 cm³/mol. The fraction of sp³-hybridized carbons (Fsp3) is 0.538. The maximum Gasteiger partial charge on any atom is 0.0449 e. The Morgan fingerprint density at radius 1 is 1.29 bits per heavy atom. The lowest BCUT2D eigenvalue weighted by Crippen LogP contribution is -2.21. The summed E-state index contributed by atoms with van der Waals surface area (Å²) < 4.78 is 0. The lowest BCUT2D eigenvalue weighted by Gasteiger charge is -2.21. The van der Waals surface area contributed by atoms with E-state index >= 15 is 0 Å². The summed E-state index contributed by atoms with van der Waals surface area (Å²) in [4.78, 5) is 2.33. The predicted octanol–water partition coefficient (Wildman–Crippen LogP) is 3.46. The summed E-state index contributed by atoms with van der Waals surface area (Å²) in [6, 6.07) is 9.72. The lowest BCUT2D eigenvalue weighted by atomic mass is 10.0. The van der Waals surface area contributed by atoms with Gasteiger partial charge in [0.1, 0.15) is 0 Å². The number of hydrogen-bond acceptors (Lipinski definition) is 1. The molecule has 0 spiro atoms. The van der Waals surface area contributed by atoms with E-state index in [9.17, 15) is 0 Å². The van der Waals surface area contributed by atoms with Crippen LogP contribution in [-0.2, 0) is 0 Å². The van der Waals surface area contributed by atoms with Crippen molar-refractivity contribution in [2.75, 3.05) is 18.0 Å². The van der Waals surface area contributed by atoms with Gasteiger partial charge in [0.25, 0.3) is 0 Å². The SMILES string of the molecule is CCN(CC)c1[c]ccc(C(C)C)c1. The molecule has 0 bridgehead atoms. The Hall–Kier alpha value is -0.980. The van der Waals surface area contributed by atoms with E-state index in [1.807, 2.05) is 6.07 Å². The molecule has 0 saturated heterocycles. The smallest absolute Gasteiger partial charge is 0.0449 e. The Kier molecular flexibility index (Phi) is 3.99. The topological polar surface area (TPSA) is 3.24 Å². The molecule has 0 amide bonds. The molecular weight excluding hydrogens is 170 g/mol. The number of benzene rings is 1. The molecule has 77 valence electrons. The molecule has 0 aliphatic heterocycles. The fourth-order valence-electron chi connectivity index (χ4n) is 1.58. The highest BCUT2D eigenvalue weighted by atomic mass is 15.1. The first kappa shape index (κ1) is 11.1. The summed E-state index contributed by atoms with van der Waals surface area (Å²) in [5.41, 5.74) is 2.62. The molecule has 0 aromatic heterocycles. The highest BCUT2D eigenvalue weighted by Gasteiger charge is 2.04. The Labute approximate surface area is 87.7 Å². The van der Waals surface area contributed by atoms with Gasteiger partial charge >= 0.3 is 0 Å². The van der Waals surface area contributed by atoms with Gasteiger partial charge in [-0.25, -0.2) is 0 Å². The van der Waals surface area contributed by atoms with Gasteiger partial charge in [-0.15, -0.1) is 0 Å². The minimum Gasteiger partial charge on any atom is -0.372 e. The van der Waals surface area contributed by atoms with Crippen molar-refractivity contribution in [1.29, 1.82) is 0 Å². The van der Waals surface area contributed by atoms with Crippen molar-refractivity contribution in [3.63, 3.8) is 0 Å². The highest BCUT2D eigenvalue weighted by Crippen LogP contribution is 2.20. The summed E-state index contributed by atoms with van der Waals surface area (Å²) in [7, 11) is 0. The summed E-state index contributed by atoms with van der Waals surface area (Å²) in [5.74, 6) is 0.596. The van der Waals surface area contributed by atoms with Crippen molar-refractivity contribution < 1.29 is 0 Å². The van der Waals surface area contributed by atoms with E-state index in [-0.39, 0.29) is 0 Å². The van der Waals surface area contributed by atoms with Gasteiger partial charge in [0.15, 0.2) is 0 Å². The third-order valence-corrected chi connectivity index (χ3v) is 2.58. The minimum absolute atomic E-state index is 0.596. The van der Waals surface area contributed by atoms with Crippen LogP contribution in [0.1, 0.15) is 39.2 Å². The van der Waals surface area contributed by atoms with E-state index in [1.54, 1.807) is 0 Å². The summed E-state index contributed by atoms with van der Waals surface area (Å²) in [6.07, 6.45) is 0. The fourth-order valence-corrected chi connectivity index (χ4v) is 1.58. The van der Waals surface area contributed by atoms with Crippen molar-refractivity contribution in [2.24, 2.45) is 0 Å². The van der Waals surface area contributed by atoms with E-state index in [1.165, 1.54) is 11.3 Å². The van der Waals surface area contributed by atoms with E-state index < -0.39 is 0 Å². The van der Waals surface area contributed by atoms with Crippen molar-refractivity contribution in [2.45, 2.75) is 33.6 Å². The van der Waals surface area contributed by atoms with E-state index in [4.69, 9.17) is 0 Å². The summed E-state index contributed by atoms with van der Waals surface area (Å²) in [5, 5.41) is 0. The van der Waals surface area contributed by atoms with Gasteiger partial charge in [-0.05, 0) is 31.4 Å². The quantitative estimate of drug-likeness (QED) is 0.703. The van der Waals surface area contributed by atoms with Crippen molar-refractivity contribution >= 4 is 5.69 Å². The average molecular weight is 190 g/mol. The number of hydrogen-bond donors (Lipinski definition) is 0. The first-order chi connectivity index (χ1) is 6.69. The van der Waals surface area contributed by atoms with Crippen LogP contribution < -0.4 is 4.90 Å². The molecule has 0 aliphatic rings. The third-order valence-electron chi connectivity index (χ3n) is 2.58. The zero-order chi connectivity index (χ0) is 10.6. The molecular formula is C13H20N. The molecule has 1 radical (unpaired) electrons. The van der Waals surface area contributed by atoms with Crippen LogP contribution in [0, 0.1) is 6.07 Å². The molecule has 1 aromatic rings. The zero-order valence-corrected chi connectivity index (χ0v) is 9.67. The monoisotopic (exact) mass is 190 g/mol. The Morgan fingerprint density at radius 3 is 2.43 bits per heavy atom. The van der Waals surface area contributed by atoms with Crippen LogP contribution in [0.15, 0.2) is 18.2 Å². The van der Waals surface area contributed by atoms with Crippen LogP contribution in [-0.4, -0.2) is 13.1 Å². The van der Waals surface area contributed by atoms with Gasteiger partial charge < -0.3 is 4.90 Å². The number of anilines is 1. The number of rotatable bonds is 4. The van der Waals surface area contributed by atoms with Gasteiger partial charge in [-0.3, -0.25) is 0 Å². The summed E-state index contributed by atoms with van der Waals surface area (Å²) in [6.45, 7) is 10.9. The Morgan fingerprint density at radius 2 is 1.93 bits per heavy atom. The maximum atomic E-state index is 3.29. The standard InChI is InChI=1S/C13H20N/c1-5-14(6-2)13-9-7-8-12(10-13)11(3)4/h7-8,10-11H,5-6H2,1-4H3.